The van der Waals surface area contributed by atoms with Crippen molar-refractivity contribution in [1.29, 1.82) is 0 Å². The maximum atomic E-state index is 12.7. The van der Waals surface area contributed by atoms with E-state index < -0.39 is 0 Å². The fourth-order valence-electron chi connectivity index (χ4n) is 2.54. The first-order chi connectivity index (χ1) is 11.7. The SMILES string of the molecule is CCn1c(SC(=O)c2ccc(OC)cc2OC)nc2ccccc21. The summed E-state index contributed by atoms with van der Waals surface area (Å²) in [7, 11) is 3.12. The van der Waals surface area contributed by atoms with Crippen LogP contribution in [0.5, 0.6) is 11.5 Å². The fourth-order valence-corrected chi connectivity index (χ4v) is 3.47. The average molecular weight is 342 g/mol. The lowest BCUT2D eigenvalue weighted by Gasteiger charge is -2.09. The van der Waals surface area contributed by atoms with Crippen molar-refractivity contribution in [1.82, 2.24) is 9.55 Å². The van der Waals surface area contributed by atoms with Gasteiger partial charge < -0.3 is 14.0 Å². The van der Waals surface area contributed by atoms with Gasteiger partial charge >= 0.3 is 0 Å². The molecule has 0 N–H and O–H groups in total. The third-order valence-corrected chi connectivity index (χ3v) is 4.65. The van der Waals surface area contributed by atoms with Gasteiger partial charge in [-0.15, -0.1) is 0 Å². The predicted octanol–water partition coefficient (Wildman–Crippen LogP) is 4.01. The third-order valence-electron chi connectivity index (χ3n) is 3.75. The molecule has 0 aliphatic carbocycles. The minimum Gasteiger partial charge on any atom is -0.497 e. The lowest BCUT2D eigenvalue weighted by Crippen LogP contribution is -2.02. The first-order valence-electron chi connectivity index (χ1n) is 7.57. The smallest absolute Gasteiger partial charge is 0.230 e. The Hall–Kier alpha value is -2.47. The first-order valence-corrected chi connectivity index (χ1v) is 8.39. The molecule has 3 aromatic rings. The molecule has 0 bridgehead atoms. The summed E-state index contributed by atoms with van der Waals surface area (Å²) >= 11 is 1.11. The van der Waals surface area contributed by atoms with Gasteiger partial charge in [0.25, 0.3) is 0 Å². The highest BCUT2D eigenvalue weighted by Crippen LogP contribution is 2.32. The summed E-state index contributed by atoms with van der Waals surface area (Å²) in [6.07, 6.45) is 0. The maximum Gasteiger partial charge on any atom is 0.230 e. The predicted molar refractivity (Wildman–Crippen MR) is 95.1 cm³/mol. The molecule has 0 aliphatic heterocycles. The van der Waals surface area contributed by atoms with Crippen LogP contribution in [-0.2, 0) is 6.54 Å². The largest absolute Gasteiger partial charge is 0.497 e. The zero-order chi connectivity index (χ0) is 17.1. The number of hydrogen-bond donors (Lipinski definition) is 0. The average Bonchev–Trinajstić information content (AvgIpc) is 2.97. The zero-order valence-electron chi connectivity index (χ0n) is 13.8. The van der Waals surface area contributed by atoms with Crippen LogP contribution in [0, 0.1) is 0 Å². The Morgan fingerprint density at radius 3 is 2.67 bits per heavy atom. The molecule has 6 heteroatoms. The second-order valence-corrected chi connectivity index (χ2v) is 6.02. The minimum absolute atomic E-state index is 0.112. The van der Waals surface area contributed by atoms with E-state index in [-0.39, 0.29) is 5.12 Å². The fraction of sp³-hybridized carbons (Fsp3) is 0.222. The molecular weight excluding hydrogens is 324 g/mol. The molecule has 5 nitrogen and oxygen atoms in total. The summed E-state index contributed by atoms with van der Waals surface area (Å²) in [5.41, 5.74) is 2.41. The van der Waals surface area contributed by atoms with E-state index in [1.54, 1.807) is 25.3 Å². The molecule has 0 fully saturated rings. The Bertz CT molecular complexity index is 889. The number of benzene rings is 2. The molecule has 0 saturated heterocycles. The molecule has 0 amide bonds. The molecular formula is C18H18N2O3S. The van der Waals surface area contributed by atoms with Crippen molar-refractivity contribution < 1.29 is 14.3 Å². The monoisotopic (exact) mass is 342 g/mol. The van der Waals surface area contributed by atoms with Gasteiger partial charge in [-0.1, -0.05) is 12.1 Å². The van der Waals surface area contributed by atoms with E-state index in [4.69, 9.17) is 9.47 Å². The van der Waals surface area contributed by atoms with Crippen LogP contribution in [0.2, 0.25) is 0 Å². The number of fused-ring (bicyclic) bond motifs is 1. The number of para-hydroxylation sites is 2. The van der Waals surface area contributed by atoms with Gasteiger partial charge in [-0.2, -0.15) is 0 Å². The number of hydrogen-bond acceptors (Lipinski definition) is 5. The number of aromatic nitrogens is 2. The van der Waals surface area contributed by atoms with E-state index in [0.29, 0.717) is 22.2 Å². The minimum atomic E-state index is -0.112. The molecule has 1 heterocycles. The van der Waals surface area contributed by atoms with Gasteiger partial charge in [0.1, 0.15) is 11.5 Å². The molecule has 0 unspecified atom stereocenters. The normalized spacial score (nSPS) is 10.8. The molecule has 2 aromatic carbocycles. The van der Waals surface area contributed by atoms with Gasteiger partial charge in [-0.05, 0) is 43.0 Å². The number of imidazole rings is 1. The highest BCUT2D eigenvalue weighted by atomic mass is 32.2. The molecule has 0 atom stereocenters. The summed E-state index contributed by atoms with van der Waals surface area (Å²) in [5, 5.41) is 0.570. The number of methoxy groups -OCH3 is 2. The van der Waals surface area contributed by atoms with Crippen LogP contribution in [0.3, 0.4) is 0 Å². The second-order valence-electron chi connectivity index (χ2n) is 5.08. The highest BCUT2D eigenvalue weighted by molar-refractivity contribution is 8.14. The summed E-state index contributed by atoms with van der Waals surface area (Å²) in [6.45, 7) is 2.78. The standard InChI is InChI=1S/C18H18N2O3S/c1-4-20-15-8-6-5-7-14(15)19-18(20)24-17(21)13-10-9-12(22-2)11-16(13)23-3/h5-11H,4H2,1-3H3. The Labute approximate surface area is 144 Å². The quantitative estimate of drug-likeness (QED) is 0.656. The summed E-state index contributed by atoms with van der Waals surface area (Å²) < 4.78 is 12.5. The summed E-state index contributed by atoms with van der Waals surface area (Å²) in [5.74, 6) is 1.14. The Balaban J connectivity index is 1.95. The number of carbonyl (C=O) groups excluding carboxylic acids is 1. The molecule has 0 radical (unpaired) electrons. The topological polar surface area (TPSA) is 53.4 Å². The van der Waals surface area contributed by atoms with Gasteiger partial charge in [0, 0.05) is 12.6 Å². The van der Waals surface area contributed by atoms with E-state index in [1.165, 1.54) is 7.11 Å². The van der Waals surface area contributed by atoms with E-state index in [2.05, 4.69) is 4.98 Å². The molecule has 0 spiro atoms. The Kier molecular flexibility index (Phi) is 4.76. The Morgan fingerprint density at radius 1 is 1.17 bits per heavy atom. The van der Waals surface area contributed by atoms with Crippen molar-refractivity contribution in [3.63, 3.8) is 0 Å². The van der Waals surface area contributed by atoms with Crippen molar-refractivity contribution in [3.05, 3.63) is 48.0 Å². The number of aryl methyl sites for hydroxylation is 1. The van der Waals surface area contributed by atoms with E-state index in [1.807, 2.05) is 35.8 Å². The molecule has 3 rings (SSSR count). The third kappa shape index (κ3) is 2.97. The number of carbonyl (C=O) groups is 1. The highest BCUT2D eigenvalue weighted by Gasteiger charge is 2.19. The van der Waals surface area contributed by atoms with Crippen molar-refractivity contribution >= 4 is 27.9 Å². The number of rotatable bonds is 5. The molecule has 1 aromatic heterocycles. The van der Waals surface area contributed by atoms with Gasteiger partial charge in [-0.25, -0.2) is 4.98 Å². The number of nitrogens with zero attached hydrogens (tertiary/aromatic N) is 2. The molecule has 24 heavy (non-hydrogen) atoms. The second kappa shape index (κ2) is 6.97. The van der Waals surface area contributed by atoms with Crippen LogP contribution in [0.25, 0.3) is 11.0 Å². The summed E-state index contributed by atoms with van der Waals surface area (Å²) in [6, 6.07) is 13.0. The van der Waals surface area contributed by atoms with Crippen molar-refractivity contribution in [2.75, 3.05) is 14.2 Å². The van der Waals surface area contributed by atoms with E-state index in [0.717, 1.165) is 29.3 Å². The molecule has 0 aliphatic rings. The van der Waals surface area contributed by atoms with Gasteiger partial charge in [-0.3, -0.25) is 4.79 Å². The number of thioether (sulfide) groups is 1. The van der Waals surface area contributed by atoms with E-state index >= 15 is 0 Å². The van der Waals surface area contributed by atoms with Crippen LogP contribution >= 0.6 is 11.8 Å². The van der Waals surface area contributed by atoms with E-state index in [9.17, 15) is 4.79 Å². The lowest BCUT2D eigenvalue weighted by molar-refractivity contribution is 0.108. The molecule has 124 valence electrons. The Morgan fingerprint density at radius 2 is 1.96 bits per heavy atom. The van der Waals surface area contributed by atoms with Gasteiger partial charge in [0.05, 0.1) is 30.8 Å². The van der Waals surface area contributed by atoms with Crippen LogP contribution in [0.1, 0.15) is 17.3 Å². The summed E-state index contributed by atoms with van der Waals surface area (Å²) in [4.78, 5) is 17.3. The van der Waals surface area contributed by atoms with Gasteiger partial charge in [0.15, 0.2) is 5.16 Å². The van der Waals surface area contributed by atoms with Crippen LogP contribution in [0.15, 0.2) is 47.6 Å². The first kappa shape index (κ1) is 16.4. The van der Waals surface area contributed by atoms with Crippen LogP contribution in [0.4, 0.5) is 0 Å². The van der Waals surface area contributed by atoms with Crippen LogP contribution in [-0.4, -0.2) is 28.9 Å². The van der Waals surface area contributed by atoms with Crippen LogP contribution < -0.4 is 9.47 Å². The number of ether oxygens (including phenoxy) is 2. The zero-order valence-corrected chi connectivity index (χ0v) is 14.6. The maximum absolute atomic E-state index is 12.7. The molecule has 0 saturated carbocycles. The lowest BCUT2D eigenvalue weighted by atomic mass is 10.2. The van der Waals surface area contributed by atoms with Crippen molar-refractivity contribution in [2.45, 2.75) is 18.6 Å². The van der Waals surface area contributed by atoms with Crippen molar-refractivity contribution in [2.24, 2.45) is 0 Å². The van der Waals surface area contributed by atoms with Gasteiger partial charge in [0.2, 0.25) is 5.12 Å². The van der Waals surface area contributed by atoms with Crippen molar-refractivity contribution in [3.8, 4) is 11.5 Å².